The smallest absolute Gasteiger partial charge is 0.153 e. The predicted molar refractivity (Wildman–Crippen MR) is 57.3 cm³/mol. The van der Waals surface area contributed by atoms with Crippen molar-refractivity contribution in [1.82, 2.24) is 4.98 Å². The molecule has 1 aromatic rings. The molecule has 1 rings (SSSR count). The summed E-state index contributed by atoms with van der Waals surface area (Å²) in [6.45, 7) is 0.149. The molecule has 0 spiro atoms. The first kappa shape index (κ1) is 12.6. The van der Waals surface area contributed by atoms with Gasteiger partial charge in [-0.15, -0.1) is 11.3 Å². The number of sulfone groups is 1. The summed E-state index contributed by atoms with van der Waals surface area (Å²) in [5.41, 5.74) is 0.614. The first-order valence-electron chi connectivity index (χ1n) is 4.21. The van der Waals surface area contributed by atoms with Gasteiger partial charge in [0.15, 0.2) is 9.84 Å². The van der Waals surface area contributed by atoms with Crippen LogP contribution in [0.5, 0.6) is 0 Å². The van der Waals surface area contributed by atoms with Crippen LogP contribution < -0.4 is 0 Å². The van der Waals surface area contributed by atoms with Crippen molar-refractivity contribution in [2.75, 3.05) is 13.4 Å². The molecule has 0 saturated carbocycles. The van der Waals surface area contributed by atoms with Gasteiger partial charge in [-0.05, 0) is 0 Å². The minimum absolute atomic E-state index is 0.0889. The summed E-state index contributed by atoms with van der Waals surface area (Å²) >= 11 is 1.21. The van der Waals surface area contributed by atoms with Gasteiger partial charge in [0.05, 0.1) is 23.8 Å². The van der Waals surface area contributed by atoms with Crippen molar-refractivity contribution >= 4 is 21.2 Å². The Kier molecular flexibility index (Phi) is 4.21. The molecule has 0 amide bonds. The van der Waals surface area contributed by atoms with Crippen LogP contribution in [0.1, 0.15) is 15.6 Å². The van der Waals surface area contributed by atoms with E-state index < -0.39 is 9.84 Å². The summed E-state index contributed by atoms with van der Waals surface area (Å²) in [7, 11) is -1.55. The normalized spacial score (nSPS) is 11.9. The zero-order valence-electron chi connectivity index (χ0n) is 8.56. The average molecular weight is 251 g/mol. The van der Waals surface area contributed by atoms with Crippen LogP contribution in [0.2, 0.25) is 0 Å². The molecule has 0 bridgehead atoms. The van der Waals surface area contributed by atoms with Crippen molar-refractivity contribution in [1.29, 1.82) is 0 Å². The number of nitrogens with zero attached hydrogens (tertiary/aromatic N) is 1. The summed E-state index contributed by atoms with van der Waals surface area (Å²) in [6.07, 6.45) is 1.16. The molecule has 0 atom stereocenters. The number of aliphatic hydroxyl groups is 1. The summed E-state index contributed by atoms with van der Waals surface area (Å²) < 4.78 is 27.0. The number of ether oxygens (including phenoxy) is 1. The van der Waals surface area contributed by atoms with Gasteiger partial charge in [-0.3, -0.25) is 0 Å². The molecule has 0 unspecified atom stereocenters. The highest BCUT2D eigenvalue weighted by atomic mass is 32.2. The van der Waals surface area contributed by atoms with Crippen molar-refractivity contribution in [3.63, 3.8) is 0 Å². The standard InChI is InChI=1S/C8H13NO4S2/c1-13-4-6-7(3-10)14-8(9-6)5-15(2,11)12/h10H,3-5H2,1-2H3. The van der Waals surface area contributed by atoms with Crippen LogP contribution in [0.3, 0.4) is 0 Å². The lowest BCUT2D eigenvalue weighted by molar-refractivity contribution is 0.178. The molecule has 1 heterocycles. The fraction of sp³-hybridized carbons (Fsp3) is 0.625. The number of aliphatic hydroxyl groups excluding tert-OH is 1. The lowest BCUT2D eigenvalue weighted by Gasteiger charge is -1.95. The minimum atomic E-state index is -3.08. The van der Waals surface area contributed by atoms with Crippen molar-refractivity contribution in [2.24, 2.45) is 0 Å². The molecule has 15 heavy (non-hydrogen) atoms. The highest BCUT2D eigenvalue weighted by Gasteiger charge is 2.13. The monoisotopic (exact) mass is 251 g/mol. The summed E-state index contributed by atoms with van der Waals surface area (Å²) in [5.74, 6) is -0.0889. The van der Waals surface area contributed by atoms with Crippen LogP contribution in [0.4, 0.5) is 0 Å². The Morgan fingerprint density at radius 3 is 2.67 bits per heavy atom. The van der Waals surface area contributed by atoms with E-state index in [1.807, 2.05) is 0 Å². The van der Waals surface area contributed by atoms with Crippen LogP contribution in [-0.2, 0) is 33.5 Å². The van der Waals surface area contributed by atoms with Crippen molar-refractivity contribution in [3.8, 4) is 0 Å². The van der Waals surface area contributed by atoms with E-state index in [0.29, 0.717) is 15.6 Å². The SMILES string of the molecule is COCc1nc(CS(C)(=O)=O)sc1CO. The lowest BCUT2D eigenvalue weighted by Crippen LogP contribution is -2.00. The van der Waals surface area contributed by atoms with E-state index in [4.69, 9.17) is 9.84 Å². The zero-order chi connectivity index (χ0) is 11.5. The van der Waals surface area contributed by atoms with Crippen molar-refractivity contribution < 1.29 is 18.3 Å². The van der Waals surface area contributed by atoms with Gasteiger partial charge in [0.1, 0.15) is 10.8 Å². The summed E-state index contributed by atoms with van der Waals surface area (Å²) in [5, 5.41) is 9.52. The molecule has 1 aromatic heterocycles. The molecule has 86 valence electrons. The molecular weight excluding hydrogens is 238 g/mol. The Morgan fingerprint density at radius 2 is 2.20 bits per heavy atom. The fourth-order valence-corrected chi connectivity index (χ4v) is 3.21. The molecule has 0 fully saturated rings. The highest BCUT2D eigenvalue weighted by Crippen LogP contribution is 2.21. The Hall–Kier alpha value is -0.500. The topological polar surface area (TPSA) is 76.5 Å². The number of methoxy groups -OCH3 is 1. The van der Waals surface area contributed by atoms with Gasteiger partial charge in [-0.2, -0.15) is 0 Å². The Balaban J connectivity index is 2.92. The van der Waals surface area contributed by atoms with Gasteiger partial charge < -0.3 is 9.84 Å². The van der Waals surface area contributed by atoms with Crippen LogP contribution in [-0.4, -0.2) is 31.9 Å². The van der Waals surface area contributed by atoms with Gasteiger partial charge in [0.2, 0.25) is 0 Å². The van der Waals surface area contributed by atoms with E-state index in [0.717, 1.165) is 6.26 Å². The second-order valence-electron chi connectivity index (χ2n) is 3.14. The van der Waals surface area contributed by atoms with Gasteiger partial charge in [-0.25, -0.2) is 13.4 Å². The molecule has 5 nitrogen and oxygen atoms in total. The van der Waals surface area contributed by atoms with E-state index in [9.17, 15) is 8.42 Å². The maximum absolute atomic E-state index is 11.0. The third-order valence-electron chi connectivity index (χ3n) is 1.63. The van der Waals surface area contributed by atoms with Crippen LogP contribution >= 0.6 is 11.3 Å². The largest absolute Gasteiger partial charge is 0.391 e. The molecule has 0 aliphatic rings. The van der Waals surface area contributed by atoms with E-state index >= 15 is 0 Å². The maximum Gasteiger partial charge on any atom is 0.153 e. The van der Waals surface area contributed by atoms with Gasteiger partial charge in [0.25, 0.3) is 0 Å². The molecular formula is C8H13NO4S2. The van der Waals surface area contributed by atoms with Crippen LogP contribution in [0.15, 0.2) is 0 Å². The third kappa shape index (κ3) is 3.86. The van der Waals surface area contributed by atoms with Gasteiger partial charge in [-0.1, -0.05) is 0 Å². The van der Waals surface area contributed by atoms with Gasteiger partial charge in [0, 0.05) is 13.4 Å². The molecule has 0 radical (unpaired) electrons. The number of thiazole rings is 1. The highest BCUT2D eigenvalue weighted by molar-refractivity contribution is 7.90. The molecule has 0 saturated heterocycles. The molecule has 7 heteroatoms. The van der Waals surface area contributed by atoms with E-state index in [-0.39, 0.29) is 19.0 Å². The number of hydrogen-bond donors (Lipinski definition) is 1. The van der Waals surface area contributed by atoms with Gasteiger partial charge >= 0.3 is 0 Å². The summed E-state index contributed by atoms with van der Waals surface area (Å²) in [6, 6.07) is 0. The van der Waals surface area contributed by atoms with E-state index in [1.165, 1.54) is 18.4 Å². The first-order valence-corrected chi connectivity index (χ1v) is 7.09. The second-order valence-corrected chi connectivity index (χ2v) is 6.45. The Labute approximate surface area is 92.6 Å². The zero-order valence-corrected chi connectivity index (χ0v) is 10.2. The Bertz CT molecular complexity index is 424. The lowest BCUT2D eigenvalue weighted by atomic mass is 10.4. The number of rotatable bonds is 5. The minimum Gasteiger partial charge on any atom is -0.391 e. The van der Waals surface area contributed by atoms with E-state index in [2.05, 4.69) is 4.98 Å². The quantitative estimate of drug-likeness (QED) is 0.816. The molecule has 1 N–H and O–H groups in total. The van der Waals surface area contributed by atoms with Crippen LogP contribution in [0.25, 0.3) is 0 Å². The second kappa shape index (κ2) is 5.02. The number of aromatic nitrogens is 1. The average Bonchev–Trinajstić information content (AvgIpc) is 2.45. The summed E-state index contributed by atoms with van der Waals surface area (Å²) in [4.78, 5) is 4.77. The van der Waals surface area contributed by atoms with Crippen molar-refractivity contribution in [3.05, 3.63) is 15.6 Å². The maximum atomic E-state index is 11.0. The molecule has 0 aliphatic heterocycles. The van der Waals surface area contributed by atoms with Crippen molar-refractivity contribution in [2.45, 2.75) is 19.0 Å². The number of hydrogen-bond acceptors (Lipinski definition) is 6. The predicted octanol–water partition coefficient (Wildman–Crippen LogP) is 0.326. The third-order valence-corrected chi connectivity index (χ3v) is 3.70. The molecule has 0 aliphatic carbocycles. The van der Waals surface area contributed by atoms with E-state index in [1.54, 1.807) is 0 Å². The van der Waals surface area contributed by atoms with Crippen LogP contribution in [0, 0.1) is 0 Å². The Morgan fingerprint density at radius 1 is 1.53 bits per heavy atom. The first-order chi connectivity index (χ1) is 6.96. The molecule has 0 aromatic carbocycles. The fourth-order valence-electron chi connectivity index (χ4n) is 1.10.